The number of piperidine rings is 2. The molecule has 0 unspecified atom stereocenters. The van der Waals surface area contributed by atoms with Gasteiger partial charge in [0, 0.05) is 92.8 Å². The number of pyridine rings is 1. The topological polar surface area (TPSA) is 85.8 Å². The SMILES string of the molecule is C1=CN=CC1.C1CCOCC1.CC(C)(C)C.CC(C)(C)C.CC(C)(C)C.CC(C)(C)N1CCCCC1.CC(C)(C)N1CCCCC1.CC(C)(C)N1CCNC(=O)C1.CC(C)(C)N1CCOCC1.CC(C)(C)c1ccccc1.CC(C)C.c1ccncc1.c1ccsc1. The molecule has 6 aliphatic rings. The summed E-state index contributed by atoms with van der Waals surface area (Å²) in [5, 5.41) is 6.89. The summed E-state index contributed by atoms with van der Waals surface area (Å²) in [5.74, 6) is 0.978. The van der Waals surface area contributed by atoms with Gasteiger partial charge in [0.1, 0.15) is 0 Å². The molecule has 0 bridgehead atoms. The molecule has 11 heteroatoms. The van der Waals surface area contributed by atoms with Crippen molar-refractivity contribution in [1.29, 1.82) is 0 Å². The Morgan fingerprint density at radius 2 is 0.783 bits per heavy atom. The minimum atomic E-state index is 0.123. The molecule has 6 aliphatic heterocycles. The largest absolute Gasteiger partial charge is 0.381 e. The Balaban J connectivity index is -0.000000462. The average Bonchev–Trinajstić information content (AvgIpc) is 1.54. The van der Waals surface area contributed by atoms with Crippen molar-refractivity contribution in [3.05, 3.63) is 102 Å². The van der Waals surface area contributed by atoms with Gasteiger partial charge in [-0.15, -0.1) is 0 Å². The van der Waals surface area contributed by atoms with E-state index >= 15 is 0 Å². The molecular formula is C81H155N7O3S. The van der Waals surface area contributed by atoms with Crippen LogP contribution in [0.5, 0.6) is 0 Å². The van der Waals surface area contributed by atoms with E-state index < -0.39 is 0 Å². The second-order valence-corrected chi connectivity index (χ2v) is 35.8. The fraction of sp³-hybridized carbons (Fsp3) is 0.765. The lowest BCUT2D eigenvalue weighted by atomic mass is 9.87. The number of hydrogen-bond acceptors (Lipinski definition) is 10. The molecule has 0 aliphatic carbocycles. The van der Waals surface area contributed by atoms with Crippen molar-refractivity contribution in [2.75, 3.05) is 85.3 Å². The van der Waals surface area contributed by atoms with Crippen molar-refractivity contribution in [3.8, 4) is 0 Å². The smallest absolute Gasteiger partial charge is 0.234 e. The van der Waals surface area contributed by atoms with Crippen LogP contribution in [0.2, 0.25) is 0 Å². The summed E-state index contributed by atoms with van der Waals surface area (Å²) in [5.41, 5.74) is 4.44. The number of benzene rings is 1. The summed E-state index contributed by atoms with van der Waals surface area (Å²) in [6, 6.07) is 20.3. The third-order valence-electron chi connectivity index (χ3n) is 12.8. The highest BCUT2D eigenvalue weighted by molar-refractivity contribution is 7.07. The number of allylic oxidation sites excluding steroid dienone is 1. The molecule has 538 valence electrons. The van der Waals surface area contributed by atoms with Crippen molar-refractivity contribution < 1.29 is 14.3 Å². The van der Waals surface area contributed by atoms with Crippen molar-refractivity contribution in [1.82, 2.24) is 29.9 Å². The summed E-state index contributed by atoms with van der Waals surface area (Å²) in [7, 11) is 0. The van der Waals surface area contributed by atoms with Crippen molar-refractivity contribution >= 4 is 23.5 Å². The van der Waals surface area contributed by atoms with Crippen molar-refractivity contribution in [3.63, 3.8) is 0 Å². The summed E-state index contributed by atoms with van der Waals surface area (Å²) in [4.78, 5) is 28.3. The molecule has 1 N–H and O–H groups in total. The molecular weight excluding hydrogens is 1150 g/mol. The third kappa shape index (κ3) is 77.4. The molecule has 3 aromatic rings. The molecule has 9 rings (SSSR count). The van der Waals surface area contributed by atoms with Gasteiger partial charge in [0.25, 0.3) is 0 Å². The Bertz CT molecular complexity index is 1900. The number of thiophene rings is 1. The molecule has 0 saturated carbocycles. The van der Waals surface area contributed by atoms with Crippen LogP contribution < -0.4 is 5.32 Å². The highest BCUT2D eigenvalue weighted by Crippen LogP contribution is 2.22. The highest BCUT2D eigenvalue weighted by atomic mass is 32.1. The Labute approximate surface area is 578 Å². The lowest BCUT2D eigenvalue weighted by molar-refractivity contribution is -0.125. The highest BCUT2D eigenvalue weighted by Gasteiger charge is 2.27. The standard InChI is InChI=1S/C10H14.2C9H19N.C8H16N2O.C8H17NO.C5H5N.C5H10O.3C5H12.C4H5N.C4H4S.C4H10/c1-10(2,3)9-7-5-4-6-8-9;2*1-9(2,3)10-7-5-4-6-8-10;1-8(2,3)10-5-4-9-7(11)6-10;1-8(2,3)9-4-6-10-7-5-9;2*1-2-4-6-5-3-1;3*1-5(2,3)4;2*1-2-4-5-3-1;1-4(2)3/h4-8H,1-3H3;2*4-8H2,1-3H3;4-6H2,1-3H3,(H,9,11);4-7H2,1-3H3;1-5H;1-5H2;3*1-4H3;1,3-4H,2H2;1-4H;4H,1-3H3. The number of rotatable bonds is 0. The van der Waals surface area contributed by atoms with Crippen molar-refractivity contribution in [2.45, 2.75) is 299 Å². The third-order valence-corrected chi connectivity index (χ3v) is 13.4. The molecule has 1 amide bonds. The van der Waals surface area contributed by atoms with E-state index in [1.165, 1.54) is 89.5 Å². The quantitative estimate of drug-likeness (QED) is 0.238. The number of nitrogens with zero attached hydrogens (tertiary/aromatic N) is 6. The first kappa shape index (κ1) is 95.1. The Morgan fingerprint density at radius 3 is 0.967 bits per heavy atom. The minimum Gasteiger partial charge on any atom is -0.381 e. The van der Waals surface area contributed by atoms with Gasteiger partial charge < -0.3 is 14.8 Å². The molecule has 0 radical (unpaired) electrons. The van der Waals surface area contributed by atoms with Gasteiger partial charge >= 0.3 is 0 Å². The summed E-state index contributed by atoms with van der Waals surface area (Å²) < 4.78 is 10.3. The van der Waals surface area contributed by atoms with Gasteiger partial charge in [0.05, 0.1) is 19.8 Å². The van der Waals surface area contributed by atoms with Gasteiger partial charge in [-0.2, -0.15) is 11.3 Å². The van der Waals surface area contributed by atoms with Crippen LogP contribution in [0.1, 0.15) is 277 Å². The first-order valence-corrected chi connectivity index (χ1v) is 36.6. The maximum absolute atomic E-state index is 11.0. The molecule has 5 saturated heterocycles. The van der Waals surface area contributed by atoms with Crippen LogP contribution in [-0.4, -0.2) is 144 Å². The van der Waals surface area contributed by atoms with Crippen LogP contribution in [0.3, 0.4) is 0 Å². The number of amides is 1. The summed E-state index contributed by atoms with van der Waals surface area (Å²) >= 11 is 1.71. The van der Waals surface area contributed by atoms with Gasteiger partial charge in [-0.25, -0.2) is 0 Å². The summed E-state index contributed by atoms with van der Waals surface area (Å²) in [6.07, 6.45) is 22.6. The molecule has 1 aromatic carbocycles. The summed E-state index contributed by atoms with van der Waals surface area (Å²) in [6.45, 7) is 79.9. The fourth-order valence-electron chi connectivity index (χ4n) is 8.04. The Kier molecular flexibility index (Phi) is 54.6. The molecule has 8 heterocycles. The van der Waals surface area contributed by atoms with E-state index in [0.717, 1.165) is 64.9 Å². The predicted molar refractivity (Wildman–Crippen MR) is 413 cm³/mol. The molecule has 10 nitrogen and oxygen atoms in total. The van der Waals surface area contributed by atoms with Crippen LogP contribution in [0.25, 0.3) is 0 Å². The van der Waals surface area contributed by atoms with Gasteiger partial charge in [0.2, 0.25) is 5.91 Å². The number of morpholine rings is 1. The molecule has 0 atom stereocenters. The van der Waals surface area contributed by atoms with E-state index in [-0.39, 0.29) is 11.4 Å². The first-order valence-electron chi connectivity index (χ1n) is 35.6. The van der Waals surface area contributed by atoms with Crippen molar-refractivity contribution in [2.24, 2.45) is 27.2 Å². The Hall–Kier alpha value is -3.29. The number of aliphatic imine (C=N–C) groups is 1. The molecule has 0 spiro atoms. The van der Waals surface area contributed by atoms with E-state index in [4.69, 9.17) is 9.47 Å². The number of hydrogen-bond donors (Lipinski definition) is 1. The van der Waals surface area contributed by atoms with Crippen LogP contribution in [-0.2, 0) is 19.7 Å². The maximum atomic E-state index is 11.0. The van der Waals surface area contributed by atoms with Gasteiger partial charge in [-0.05, 0) is 210 Å². The van der Waals surface area contributed by atoms with Gasteiger partial charge in [-0.1, -0.05) is 192 Å². The number of carbonyl (C=O) groups is 1. The first-order chi connectivity index (χ1) is 42.2. The number of piperazine rings is 1. The normalized spacial score (nSPS) is 17.2. The van der Waals surface area contributed by atoms with E-state index in [2.05, 4.69) is 273 Å². The second kappa shape index (κ2) is 52.8. The molecule has 92 heavy (non-hydrogen) atoms. The van der Waals surface area contributed by atoms with E-state index in [1.54, 1.807) is 29.9 Å². The van der Waals surface area contributed by atoms with Crippen LogP contribution in [0.15, 0.2) is 101 Å². The van der Waals surface area contributed by atoms with Gasteiger partial charge in [0.15, 0.2) is 0 Å². The van der Waals surface area contributed by atoms with Crippen LogP contribution in [0.4, 0.5) is 0 Å². The number of carbonyl (C=O) groups excluding carboxylic acids is 1. The maximum Gasteiger partial charge on any atom is 0.234 e. The number of likely N-dealkylation sites (tertiary alicyclic amines) is 2. The zero-order valence-corrected chi connectivity index (χ0v) is 67.3. The van der Waals surface area contributed by atoms with E-state index in [0.29, 0.717) is 44.8 Å². The number of aromatic nitrogens is 1. The zero-order valence-electron chi connectivity index (χ0n) is 66.5. The number of ether oxygens (including phenoxy) is 2. The monoisotopic (exact) mass is 1310 g/mol. The van der Waals surface area contributed by atoms with E-state index in [1.807, 2.05) is 53.4 Å². The second-order valence-electron chi connectivity index (χ2n) is 34.9. The Morgan fingerprint density at radius 1 is 0.435 bits per heavy atom. The lowest BCUT2D eigenvalue weighted by Crippen LogP contribution is -2.54. The fourth-order valence-corrected chi connectivity index (χ4v) is 8.50. The van der Waals surface area contributed by atoms with Gasteiger partial charge in [-0.3, -0.25) is 34.4 Å². The predicted octanol–water partition coefficient (Wildman–Crippen LogP) is 21.7. The zero-order chi connectivity index (χ0) is 71.6. The van der Waals surface area contributed by atoms with Crippen LogP contribution in [0, 0.1) is 22.2 Å². The lowest BCUT2D eigenvalue weighted by Gasteiger charge is -2.38. The van der Waals surface area contributed by atoms with Crippen LogP contribution >= 0.6 is 11.3 Å². The average molecular weight is 1310 g/mol. The molecule has 2 aromatic heterocycles. The van der Waals surface area contributed by atoms with E-state index in [9.17, 15) is 4.79 Å². The molecule has 5 fully saturated rings. The number of nitrogens with one attached hydrogen (secondary N) is 1. The minimum absolute atomic E-state index is 0.123.